The molecule has 0 saturated carbocycles. The molecule has 2 N–H and O–H groups in total. The summed E-state index contributed by atoms with van der Waals surface area (Å²) in [7, 11) is 0. The maximum Gasteiger partial charge on any atom is 0.0479 e. The highest BCUT2D eigenvalue weighted by molar-refractivity contribution is 6.30. The minimum absolute atomic E-state index is 0. The van der Waals surface area contributed by atoms with E-state index in [0.717, 1.165) is 5.56 Å². The number of rotatable bonds is 2. The first kappa shape index (κ1) is 11.5. The lowest BCUT2D eigenvalue weighted by Gasteiger charge is -2.05. The Bertz CT molecular complexity index is 260. The molecular weight excluding hydrogens is 193 g/mol. The lowest BCUT2D eigenvalue weighted by molar-refractivity contribution is 0.915. The summed E-state index contributed by atoms with van der Waals surface area (Å²) in [5, 5.41) is 0.708. The van der Waals surface area contributed by atoms with Crippen LogP contribution in [0.1, 0.15) is 11.6 Å². The van der Waals surface area contributed by atoms with Crippen LogP contribution in [0, 0.1) is 0 Å². The number of nitrogens with two attached hydrogens (primary N) is 1. The van der Waals surface area contributed by atoms with Crippen molar-refractivity contribution in [1.82, 2.24) is 0 Å². The van der Waals surface area contributed by atoms with Gasteiger partial charge in [-0.3, -0.25) is 0 Å². The number of hydrogen-bond acceptors (Lipinski definition) is 1. The molecule has 0 fully saturated rings. The topological polar surface area (TPSA) is 26.0 Å². The van der Waals surface area contributed by atoms with E-state index in [2.05, 4.69) is 6.58 Å². The molecule has 0 aromatic heterocycles. The van der Waals surface area contributed by atoms with Crippen LogP contribution in [0.15, 0.2) is 36.9 Å². The fourth-order valence-corrected chi connectivity index (χ4v) is 1.05. The molecule has 12 heavy (non-hydrogen) atoms. The van der Waals surface area contributed by atoms with Crippen LogP contribution in [0.3, 0.4) is 0 Å². The Morgan fingerprint density at radius 2 is 2.17 bits per heavy atom. The highest BCUT2D eigenvalue weighted by Crippen LogP contribution is 2.15. The predicted molar refractivity (Wildman–Crippen MR) is 55.8 cm³/mol. The minimum atomic E-state index is -0.117. The molecule has 1 rings (SSSR count). The summed E-state index contributed by atoms with van der Waals surface area (Å²) < 4.78 is 0. The largest absolute Gasteiger partial charge is 0.321 e. The summed E-state index contributed by atoms with van der Waals surface area (Å²) in [6, 6.07) is 7.35. The van der Waals surface area contributed by atoms with E-state index in [-0.39, 0.29) is 18.4 Å². The molecule has 66 valence electrons. The lowest BCUT2D eigenvalue weighted by Crippen LogP contribution is -2.05. The van der Waals surface area contributed by atoms with Gasteiger partial charge in [-0.2, -0.15) is 0 Å². The molecule has 0 unspecified atom stereocenters. The molecule has 1 nitrogen and oxygen atoms in total. The molecule has 0 amide bonds. The van der Waals surface area contributed by atoms with Crippen LogP contribution in [0.4, 0.5) is 0 Å². The molecule has 0 radical (unpaired) electrons. The smallest absolute Gasteiger partial charge is 0.0479 e. The van der Waals surface area contributed by atoms with E-state index in [9.17, 15) is 0 Å². The average molecular weight is 204 g/mol. The quantitative estimate of drug-likeness (QED) is 0.736. The molecule has 1 atom stereocenters. The molecule has 0 bridgehead atoms. The van der Waals surface area contributed by atoms with Gasteiger partial charge in [0.05, 0.1) is 0 Å². The van der Waals surface area contributed by atoms with Crippen molar-refractivity contribution in [2.45, 2.75) is 6.04 Å². The van der Waals surface area contributed by atoms with E-state index in [1.54, 1.807) is 6.08 Å². The summed E-state index contributed by atoms with van der Waals surface area (Å²) in [4.78, 5) is 0. The molecular formula is C9H11Cl2N. The molecule has 0 aliphatic carbocycles. The third kappa shape index (κ3) is 2.86. The summed E-state index contributed by atoms with van der Waals surface area (Å²) in [5.74, 6) is 0. The molecule has 1 aromatic carbocycles. The zero-order valence-corrected chi connectivity index (χ0v) is 8.11. The lowest BCUT2D eigenvalue weighted by atomic mass is 10.1. The molecule has 0 saturated heterocycles. The second-order valence-electron chi connectivity index (χ2n) is 2.32. The third-order valence-electron chi connectivity index (χ3n) is 1.49. The van der Waals surface area contributed by atoms with Crippen molar-refractivity contribution in [3.8, 4) is 0 Å². The van der Waals surface area contributed by atoms with Crippen LogP contribution in [-0.2, 0) is 0 Å². The number of halogens is 2. The SMILES string of the molecule is C=C[C@@H](N)c1cccc(Cl)c1.Cl. The van der Waals surface area contributed by atoms with Crippen LogP contribution >= 0.6 is 24.0 Å². The van der Waals surface area contributed by atoms with Crippen molar-refractivity contribution in [1.29, 1.82) is 0 Å². The van der Waals surface area contributed by atoms with Crippen LogP contribution in [0.25, 0.3) is 0 Å². The highest BCUT2D eigenvalue weighted by atomic mass is 35.5. The molecule has 3 heteroatoms. The summed E-state index contributed by atoms with van der Waals surface area (Å²) in [6.45, 7) is 3.60. The van der Waals surface area contributed by atoms with Gasteiger partial charge >= 0.3 is 0 Å². The van der Waals surface area contributed by atoms with Crippen LogP contribution in [-0.4, -0.2) is 0 Å². The van der Waals surface area contributed by atoms with E-state index in [1.165, 1.54) is 0 Å². The first-order valence-corrected chi connectivity index (χ1v) is 3.75. The zero-order valence-electron chi connectivity index (χ0n) is 6.53. The van der Waals surface area contributed by atoms with Crippen molar-refractivity contribution in [3.63, 3.8) is 0 Å². The van der Waals surface area contributed by atoms with Crippen LogP contribution in [0.5, 0.6) is 0 Å². The molecule has 0 spiro atoms. The van der Waals surface area contributed by atoms with E-state index in [4.69, 9.17) is 17.3 Å². The number of hydrogen-bond donors (Lipinski definition) is 1. The Balaban J connectivity index is 0.00000121. The normalized spacial score (nSPS) is 11.5. The van der Waals surface area contributed by atoms with Crippen molar-refractivity contribution < 1.29 is 0 Å². The molecule has 1 aromatic rings. The third-order valence-corrected chi connectivity index (χ3v) is 1.72. The first-order chi connectivity index (χ1) is 5.24. The van der Waals surface area contributed by atoms with Gasteiger partial charge in [-0.05, 0) is 17.7 Å². The Labute approximate surface area is 83.6 Å². The van der Waals surface area contributed by atoms with Gasteiger partial charge in [-0.25, -0.2) is 0 Å². The van der Waals surface area contributed by atoms with E-state index in [0.29, 0.717) is 5.02 Å². The van der Waals surface area contributed by atoms with Gasteiger partial charge in [0.25, 0.3) is 0 Å². The van der Waals surface area contributed by atoms with Crippen LogP contribution in [0.2, 0.25) is 5.02 Å². The summed E-state index contributed by atoms with van der Waals surface area (Å²) >= 11 is 5.76. The summed E-state index contributed by atoms with van der Waals surface area (Å²) in [5.41, 5.74) is 6.68. The van der Waals surface area contributed by atoms with Crippen molar-refractivity contribution in [2.24, 2.45) is 5.73 Å². The monoisotopic (exact) mass is 203 g/mol. The standard InChI is InChI=1S/C9H10ClN.ClH/c1-2-9(11)7-4-3-5-8(10)6-7;/h2-6,9H,1,11H2;1H/t9-;/m1./s1. The van der Waals surface area contributed by atoms with E-state index in [1.807, 2.05) is 24.3 Å². The van der Waals surface area contributed by atoms with Gasteiger partial charge in [0.15, 0.2) is 0 Å². The van der Waals surface area contributed by atoms with E-state index < -0.39 is 0 Å². The van der Waals surface area contributed by atoms with Crippen molar-refractivity contribution in [2.75, 3.05) is 0 Å². The molecule has 0 aliphatic heterocycles. The van der Waals surface area contributed by atoms with Gasteiger partial charge in [0.2, 0.25) is 0 Å². The second kappa shape index (κ2) is 5.20. The fourth-order valence-electron chi connectivity index (χ4n) is 0.850. The zero-order chi connectivity index (χ0) is 8.27. The van der Waals surface area contributed by atoms with Gasteiger partial charge in [-0.1, -0.05) is 29.8 Å². The fraction of sp³-hybridized carbons (Fsp3) is 0.111. The Morgan fingerprint density at radius 1 is 1.50 bits per heavy atom. The van der Waals surface area contributed by atoms with Crippen LogP contribution < -0.4 is 5.73 Å². The van der Waals surface area contributed by atoms with Gasteiger partial charge in [0.1, 0.15) is 0 Å². The maximum absolute atomic E-state index is 5.76. The van der Waals surface area contributed by atoms with Gasteiger partial charge in [-0.15, -0.1) is 19.0 Å². The first-order valence-electron chi connectivity index (χ1n) is 3.37. The maximum atomic E-state index is 5.76. The summed E-state index contributed by atoms with van der Waals surface area (Å²) in [6.07, 6.45) is 1.69. The second-order valence-corrected chi connectivity index (χ2v) is 2.75. The Morgan fingerprint density at radius 3 is 2.67 bits per heavy atom. The van der Waals surface area contributed by atoms with Crippen molar-refractivity contribution in [3.05, 3.63) is 47.5 Å². The van der Waals surface area contributed by atoms with Gasteiger partial charge < -0.3 is 5.73 Å². The molecule has 0 heterocycles. The average Bonchev–Trinajstić information content (AvgIpc) is 2.03. The van der Waals surface area contributed by atoms with E-state index >= 15 is 0 Å². The predicted octanol–water partition coefficient (Wildman–Crippen LogP) is 2.95. The number of benzene rings is 1. The Hall–Kier alpha value is -0.500. The minimum Gasteiger partial charge on any atom is -0.321 e. The molecule has 0 aliphatic rings. The van der Waals surface area contributed by atoms with Gasteiger partial charge in [0, 0.05) is 11.1 Å². The van der Waals surface area contributed by atoms with Crippen molar-refractivity contribution >= 4 is 24.0 Å². The Kier molecular flexibility index (Phi) is 4.98. The highest BCUT2D eigenvalue weighted by Gasteiger charge is 1.99.